The number of nitrogens with one attached hydrogen (secondary N) is 1. The van der Waals surface area contributed by atoms with Gasteiger partial charge in [0.15, 0.2) is 6.29 Å². The third-order valence-corrected chi connectivity index (χ3v) is 18.0. The lowest BCUT2D eigenvalue weighted by Crippen LogP contribution is -2.60. The van der Waals surface area contributed by atoms with Gasteiger partial charge in [0, 0.05) is 6.42 Å². The Labute approximate surface area is 497 Å². The summed E-state index contributed by atoms with van der Waals surface area (Å²) < 4.78 is 11.4. The zero-order valence-electron chi connectivity index (χ0n) is 53.6. The van der Waals surface area contributed by atoms with Crippen molar-refractivity contribution in [2.24, 2.45) is 0 Å². The van der Waals surface area contributed by atoms with Crippen LogP contribution >= 0.6 is 0 Å². The number of carbonyl (C=O) groups excluding carboxylic acids is 1. The summed E-state index contributed by atoms with van der Waals surface area (Å²) in [6.45, 7) is 3.91. The number of aliphatic hydroxyl groups excluding tert-OH is 5. The van der Waals surface area contributed by atoms with Crippen LogP contribution < -0.4 is 5.32 Å². The molecule has 0 aliphatic carbocycles. The molecule has 1 amide bonds. The van der Waals surface area contributed by atoms with E-state index >= 15 is 0 Å². The number of hydrogen-bond acceptors (Lipinski definition) is 8. The molecule has 6 N–H and O–H groups in total. The fraction of sp³-hybridized carbons (Fsp3) is 0.986. The lowest BCUT2D eigenvalue weighted by Gasteiger charge is -2.40. The lowest BCUT2D eigenvalue weighted by molar-refractivity contribution is -0.302. The van der Waals surface area contributed by atoms with Crippen LogP contribution in [0.25, 0.3) is 0 Å². The Morgan fingerprint density at radius 1 is 0.375 bits per heavy atom. The minimum atomic E-state index is -1.55. The Morgan fingerprint density at radius 3 is 0.887 bits per heavy atom. The molecule has 0 radical (unpaired) electrons. The standard InChI is InChI=1S/C71H141NO8/c1-3-5-7-9-11-13-15-17-19-21-23-25-27-29-31-32-33-34-35-36-38-40-42-44-46-48-50-52-54-56-58-60-65(74)64(63-79-71-70(78)69(77)68(76)66(62-73)80-71)72-67(75)61-59-57-55-53-51-49-47-45-43-41-39-37-30-28-26-24-22-20-18-16-14-12-10-8-6-4-2/h64-66,68-71,73-74,76-78H,3-63H2,1-2H3,(H,72,75). The van der Waals surface area contributed by atoms with Crippen LogP contribution in [-0.2, 0) is 14.3 Å². The number of amides is 1. The minimum absolute atomic E-state index is 0.130. The summed E-state index contributed by atoms with van der Waals surface area (Å²) in [7, 11) is 0. The molecule has 1 rings (SSSR count). The van der Waals surface area contributed by atoms with E-state index in [4.69, 9.17) is 9.47 Å². The molecule has 1 aliphatic heterocycles. The lowest BCUT2D eigenvalue weighted by atomic mass is 9.99. The average molecular weight is 1140 g/mol. The zero-order chi connectivity index (χ0) is 57.9. The van der Waals surface area contributed by atoms with Crippen LogP contribution in [0.15, 0.2) is 0 Å². The Morgan fingerprint density at radius 2 is 0.625 bits per heavy atom. The molecule has 7 unspecified atom stereocenters. The number of ether oxygens (including phenoxy) is 2. The topological polar surface area (TPSA) is 149 Å². The Bertz CT molecular complexity index is 1220. The molecule has 0 aromatic carbocycles. The predicted octanol–water partition coefficient (Wildman–Crippen LogP) is 19.7. The SMILES string of the molecule is CCCCCCCCCCCCCCCCCCCCCCCCCCCCCCCCCC(O)C(COC1OC(CO)C(O)C(O)C1O)NC(=O)CCCCCCCCCCCCCCCCCCCCCCCCCCCC. The minimum Gasteiger partial charge on any atom is -0.394 e. The van der Waals surface area contributed by atoms with Crippen LogP contribution in [0.1, 0.15) is 393 Å². The van der Waals surface area contributed by atoms with Gasteiger partial charge in [0.2, 0.25) is 5.91 Å². The molecule has 0 aromatic heterocycles. The summed E-state index contributed by atoms with van der Waals surface area (Å²) in [4.78, 5) is 13.2. The van der Waals surface area contributed by atoms with Gasteiger partial charge in [0.05, 0.1) is 25.4 Å². The van der Waals surface area contributed by atoms with Crippen LogP contribution in [0, 0.1) is 0 Å². The van der Waals surface area contributed by atoms with Crippen molar-refractivity contribution < 1.29 is 39.8 Å². The van der Waals surface area contributed by atoms with Gasteiger partial charge >= 0.3 is 0 Å². The molecule has 0 saturated carbocycles. The van der Waals surface area contributed by atoms with E-state index in [0.29, 0.717) is 12.8 Å². The molecule has 1 aliphatic rings. The normalized spacial score (nSPS) is 18.3. The van der Waals surface area contributed by atoms with E-state index in [1.165, 1.54) is 327 Å². The van der Waals surface area contributed by atoms with Crippen LogP contribution in [0.2, 0.25) is 0 Å². The summed E-state index contributed by atoms with van der Waals surface area (Å²) in [5.74, 6) is -0.133. The van der Waals surface area contributed by atoms with Gasteiger partial charge in [-0.05, 0) is 12.8 Å². The van der Waals surface area contributed by atoms with E-state index in [1.807, 2.05) is 0 Å². The van der Waals surface area contributed by atoms with Crippen LogP contribution in [0.5, 0.6) is 0 Å². The van der Waals surface area contributed by atoms with Crippen molar-refractivity contribution in [1.29, 1.82) is 0 Å². The first kappa shape index (κ1) is 77.2. The monoisotopic (exact) mass is 1140 g/mol. The molecule has 1 fully saturated rings. The molecule has 0 bridgehead atoms. The van der Waals surface area contributed by atoms with Gasteiger partial charge in [-0.2, -0.15) is 0 Å². The van der Waals surface area contributed by atoms with E-state index in [2.05, 4.69) is 19.2 Å². The second-order valence-corrected chi connectivity index (χ2v) is 25.8. The smallest absolute Gasteiger partial charge is 0.220 e. The number of unbranched alkanes of at least 4 members (excludes halogenated alkanes) is 55. The average Bonchev–Trinajstić information content (AvgIpc) is 3.50. The molecule has 7 atom stereocenters. The third kappa shape index (κ3) is 49.5. The van der Waals surface area contributed by atoms with Gasteiger partial charge in [-0.1, -0.05) is 373 Å². The van der Waals surface area contributed by atoms with Crippen molar-refractivity contribution in [3.8, 4) is 0 Å². The van der Waals surface area contributed by atoms with E-state index in [9.17, 15) is 30.3 Å². The molecule has 478 valence electrons. The molecule has 0 aromatic rings. The highest BCUT2D eigenvalue weighted by atomic mass is 16.7. The molecule has 0 spiro atoms. The zero-order valence-corrected chi connectivity index (χ0v) is 53.6. The van der Waals surface area contributed by atoms with Crippen molar-refractivity contribution in [2.45, 2.75) is 436 Å². The summed E-state index contributed by atoms with van der Waals surface area (Å²) in [5, 5.41) is 55.0. The maximum Gasteiger partial charge on any atom is 0.220 e. The van der Waals surface area contributed by atoms with E-state index in [-0.39, 0.29) is 12.5 Å². The Hall–Kier alpha value is -0.810. The first-order valence-corrected chi connectivity index (χ1v) is 36.2. The summed E-state index contributed by atoms with van der Waals surface area (Å²) in [6, 6.07) is -0.715. The van der Waals surface area contributed by atoms with Gasteiger partial charge in [-0.15, -0.1) is 0 Å². The van der Waals surface area contributed by atoms with E-state index in [0.717, 1.165) is 38.5 Å². The maximum atomic E-state index is 13.2. The van der Waals surface area contributed by atoms with Crippen molar-refractivity contribution in [3.63, 3.8) is 0 Å². The number of hydrogen-bond donors (Lipinski definition) is 6. The quantitative estimate of drug-likeness (QED) is 0.0330. The Kier molecular flexibility index (Phi) is 59.1. The van der Waals surface area contributed by atoms with Crippen LogP contribution in [0.4, 0.5) is 0 Å². The highest BCUT2D eigenvalue weighted by molar-refractivity contribution is 5.76. The highest BCUT2D eigenvalue weighted by Gasteiger charge is 2.44. The molecule has 9 heteroatoms. The van der Waals surface area contributed by atoms with Crippen molar-refractivity contribution in [1.82, 2.24) is 5.32 Å². The van der Waals surface area contributed by atoms with Gasteiger partial charge in [-0.25, -0.2) is 0 Å². The summed E-state index contributed by atoms with van der Waals surface area (Å²) in [6.07, 6.45) is 70.4. The molecular formula is C71H141NO8. The first-order chi connectivity index (χ1) is 39.3. The van der Waals surface area contributed by atoms with Gasteiger partial charge in [-0.3, -0.25) is 4.79 Å². The fourth-order valence-corrected chi connectivity index (χ4v) is 12.3. The fourth-order valence-electron chi connectivity index (χ4n) is 12.3. The number of aliphatic hydroxyl groups is 5. The van der Waals surface area contributed by atoms with Crippen molar-refractivity contribution in [3.05, 3.63) is 0 Å². The van der Waals surface area contributed by atoms with Gasteiger partial charge in [0.1, 0.15) is 24.4 Å². The summed E-state index contributed by atoms with van der Waals surface area (Å²) in [5.41, 5.74) is 0. The molecule has 80 heavy (non-hydrogen) atoms. The van der Waals surface area contributed by atoms with E-state index in [1.54, 1.807) is 0 Å². The molecule has 1 heterocycles. The maximum absolute atomic E-state index is 13.2. The van der Waals surface area contributed by atoms with Crippen molar-refractivity contribution >= 4 is 5.91 Å². The number of carbonyl (C=O) groups is 1. The molecule has 9 nitrogen and oxygen atoms in total. The second kappa shape index (κ2) is 61.3. The second-order valence-electron chi connectivity index (χ2n) is 25.8. The van der Waals surface area contributed by atoms with E-state index < -0.39 is 49.5 Å². The predicted molar refractivity (Wildman–Crippen MR) is 341 cm³/mol. The largest absolute Gasteiger partial charge is 0.394 e. The third-order valence-electron chi connectivity index (χ3n) is 18.0. The summed E-state index contributed by atoms with van der Waals surface area (Å²) >= 11 is 0. The highest BCUT2D eigenvalue weighted by Crippen LogP contribution is 2.24. The van der Waals surface area contributed by atoms with Gasteiger partial charge in [0.25, 0.3) is 0 Å². The van der Waals surface area contributed by atoms with Gasteiger partial charge < -0.3 is 40.3 Å². The van der Waals surface area contributed by atoms with Crippen molar-refractivity contribution in [2.75, 3.05) is 13.2 Å². The molecular weight excluding hydrogens is 995 g/mol. The number of rotatable bonds is 65. The van der Waals surface area contributed by atoms with Crippen LogP contribution in [0.3, 0.4) is 0 Å². The first-order valence-electron chi connectivity index (χ1n) is 36.2. The molecule has 1 saturated heterocycles. The Balaban J connectivity index is 2.08. The van der Waals surface area contributed by atoms with Crippen LogP contribution in [-0.4, -0.2) is 87.5 Å².